The molecule has 0 saturated carbocycles. The molecule has 0 fully saturated rings. The Morgan fingerprint density at radius 3 is 1.61 bits per heavy atom. The molecule has 2 rings (SSSR count). The van der Waals surface area contributed by atoms with Gasteiger partial charge in [-0.25, -0.2) is 9.59 Å². The first-order chi connectivity index (χ1) is 22.3. The van der Waals surface area contributed by atoms with Crippen LogP contribution in [0.2, 0.25) is 0 Å². The summed E-state index contributed by atoms with van der Waals surface area (Å²) >= 11 is 0. The number of alkyl halides is 3. The summed E-state index contributed by atoms with van der Waals surface area (Å²) in [7, 11) is 1.30. The van der Waals surface area contributed by atoms with Gasteiger partial charge in [0.1, 0.15) is 13.2 Å². The summed E-state index contributed by atoms with van der Waals surface area (Å²) in [6, 6.07) is 11.1. The molecule has 0 aliphatic rings. The molecule has 0 heterocycles. The third kappa shape index (κ3) is 18.0. The second kappa shape index (κ2) is 23.9. The van der Waals surface area contributed by atoms with Gasteiger partial charge in [-0.3, -0.25) is 0 Å². The van der Waals surface area contributed by atoms with Gasteiger partial charge in [-0.15, -0.1) is 0 Å². The largest absolute Gasteiger partial charge is 0.467 e. The van der Waals surface area contributed by atoms with Gasteiger partial charge < -0.3 is 47.9 Å². The minimum atomic E-state index is -4.48. The molecule has 0 saturated heterocycles. The van der Waals surface area contributed by atoms with Crippen molar-refractivity contribution in [3.8, 4) is 0 Å². The summed E-state index contributed by atoms with van der Waals surface area (Å²) in [6.07, 6.45) is -4.48. The molecule has 0 radical (unpaired) electrons. The van der Waals surface area contributed by atoms with Crippen LogP contribution in [0.3, 0.4) is 0 Å². The van der Waals surface area contributed by atoms with E-state index in [1.165, 1.54) is 25.3 Å². The standard InChI is InChI=1S/C31H42F3NO11/c1-38-29(36)24-45-20-19-43-16-15-41-12-11-39-9-10-40-13-14-42-17-18-44-21-22-46-30(37)27-7-2-3-8-28(27)35-26-6-4-5-25(23-26)31(32,33)34/h2-8,23,35H,9-22,24H2,1H3. The SMILES string of the molecule is COC(=O)COCCOCCOCCOCCOCCOCCOCCOC(=O)c1ccccc1Nc1cccc(C(F)(F)F)c1. The van der Waals surface area contributed by atoms with E-state index < -0.39 is 23.7 Å². The Bertz CT molecular complexity index is 1120. The lowest BCUT2D eigenvalue weighted by molar-refractivity contribution is -0.146. The Morgan fingerprint density at radius 1 is 0.630 bits per heavy atom. The van der Waals surface area contributed by atoms with Crippen LogP contribution in [0.25, 0.3) is 0 Å². The van der Waals surface area contributed by atoms with Gasteiger partial charge in [0, 0.05) is 5.69 Å². The first-order valence-electron chi connectivity index (χ1n) is 14.6. The van der Waals surface area contributed by atoms with E-state index in [-0.39, 0.29) is 31.1 Å². The number of carbonyl (C=O) groups excluding carboxylic acids is 2. The highest BCUT2D eigenvalue weighted by Crippen LogP contribution is 2.32. The number of anilines is 2. The molecule has 0 aliphatic carbocycles. The van der Waals surface area contributed by atoms with Crippen LogP contribution in [-0.4, -0.2) is 118 Å². The lowest BCUT2D eigenvalue weighted by Gasteiger charge is -2.13. The zero-order valence-electron chi connectivity index (χ0n) is 25.9. The Balaban J connectivity index is 1.39. The molecular weight excluding hydrogens is 619 g/mol. The van der Waals surface area contributed by atoms with E-state index in [1.54, 1.807) is 18.2 Å². The van der Waals surface area contributed by atoms with Crippen LogP contribution in [-0.2, 0) is 53.6 Å². The minimum absolute atomic E-state index is 0.00612. The van der Waals surface area contributed by atoms with Crippen LogP contribution < -0.4 is 5.32 Å². The number of hydrogen-bond acceptors (Lipinski definition) is 12. The van der Waals surface area contributed by atoms with E-state index in [9.17, 15) is 22.8 Å². The van der Waals surface area contributed by atoms with E-state index in [0.29, 0.717) is 85.0 Å². The number of esters is 2. The summed E-state index contributed by atoms with van der Waals surface area (Å²) in [6.45, 7) is 4.63. The summed E-state index contributed by atoms with van der Waals surface area (Å²) < 4.78 is 86.1. The smallest absolute Gasteiger partial charge is 0.416 e. The number of benzene rings is 2. The van der Waals surface area contributed by atoms with Crippen molar-refractivity contribution < 1.29 is 65.4 Å². The van der Waals surface area contributed by atoms with Crippen molar-refractivity contribution in [2.24, 2.45) is 0 Å². The number of rotatable bonds is 26. The fourth-order valence-electron chi connectivity index (χ4n) is 3.50. The number of nitrogens with one attached hydrogen (secondary N) is 1. The molecule has 0 unspecified atom stereocenters. The van der Waals surface area contributed by atoms with Crippen molar-refractivity contribution in [1.82, 2.24) is 0 Å². The van der Waals surface area contributed by atoms with Crippen LogP contribution in [0.4, 0.5) is 24.5 Å². The Hall–Kier alpha value is -3.31. The van der Waals surface area contributed by atoms with Crippen molar-refractivity contribution >= 4 is 23.3 Å². The third-order valence-electron chi connectivity index (χ3n) is 5.76. The van der Waals surface area contributed by atoms with Gasteiger partial charge in [-0.1, -0.05) is 18.2 Å². The molecule has 15 heteroatoms. The average Bonchev–Trinajstić information content (AvgIpc) is 3.04. The number of carbonyl (C=O) groups is 2. The molecule has 0 amide bonds. The highest BCUT2D eigenvalue weighted by Gasteiger charge is 2.30. The zero-order chi connectivity index (χ0) is 33.3. The minimum Gasteiger partial charge on any atom is -0.467 e. The molecule has 2 aromatic rings. The van der Waals surface area contributed by atoms with Crippen molar-refractivity contribution in [2.45, 2.75) is 6.18 Å². The second-order valence-corrected chi connectivity index (χ2v) is 9.19. The van der Waals surface area contributed by atoms with Crippen LogP contribution in [0.5, 0.6) is 0 Å². The topological polar surface area (TPSA) is 129 Å². The van der Waals surface area contributed by atoms with Crippen molar-refractivity contribution in [1.29, 1.82) is 0 Å². The maximum Gasteiger partial charge on any atom is 0.416 e. The highest BCUT2D eigenvalue weighted by atomic mass is 19.4. The Morgan fingerprint density at radius 2 is 1.11 bits per heavy atom. The summed E-state index contributed by atoms with van der Waals surface area (Å²) in [4.78, 5) is 23.4. The molecular formula is C31H42F3NO11. The van der Waals surface area contributed by atoms with Gasteiger partial charge in [-0.05, 0) is 30.3 Å². The number of halogens is 3. The Labute approximate surface area is 266 Å². The summed E-state index contributed by atoms with van der Waals surface area (Å²) in [5.74, 6) is -1.06. The predicted molar refractivity (Wildman–Crippen MR) is 159 cm³/mol. The van der Waals surface area contributed by atoms with Crippen LogP contribution in [0.1, 0.15) is 15.9 Å². The van der Waals surface area contributed by atoms with E-state index >= 15 is 0 Å². The number of ether oxygens (including phenoxy) is 9. The van der Waals surface area contributed by atoms with Gasteiger partial charge in [0.15, 0.2) is 0 Å². The molecule has 12 nitrogen and oxygen atoms in total. The van der Waals surface area contributed by atoms with E-state index in [1.807, 2.05) is 0 Å². The first kappa shape index (κ1) is 38.9. The Kier molecular flexibility index (Phi) is 20.2. The first-order valence-corrected chi connectivity index (χ1v) is 14.6. The van der Waals surface area contributed by atoms with E-state index in [0.717, 1.165) is 12.1 Å². The van der Waals surface area contributed by atoms with Crippen LogP contribution in [0, 0.1) is 0 Å². The number of methoxy groups -OCH3 is 1. The van der Waals surface area contributed by atoms with E-state index in [4.69, 9.17) is 37.9 Å². The monoisotopic (exact) mass is 661 g/mol. The second-order valence-electron chi connectivity index (χ2n) is 9.19. The van der Waals surface area contributed by atoms with Gasteiger partial charge in [0.2, 0.25) is 0 Å². The normalized spacial score (nSPS) is 11.4. The molecule has 46 heavy (non-hydrogen) atoms. The van der Waals surface area contributed by atoms with Crippen molar-refractivity contribution in [3.63, 3.8) is 0 Å². The summed E-state index contributed by atoms with van der Waals surface area (Å²) in [5.41, 5.74) is -0.106. The quantitative estimate of drug-likeness (QED) is 0.116. The maximum absolute atomic E-state index is 13.0. The van der Waals surface area contributed by atoms with Gasteiger partial charge in [-0.2, -0.15) is 13.2 Å². The van der Waals surface area contributed by atoms with Crippen LogP contribution in [0.15, 0.2) is 48.5 Å². The molecule has 0 aromatic heterocycles. The van der Waals surface area contributed by atoms with Gasteiger partial charge in [0.05, 0.1) is 110 Å². The molecule has 1 N–H and O–H groups in total. The van der Waals surface area contributed by atoms with Crippen molar-refractivity contribution in [3.05, 3.63) is 59.7 Å². The molecule has 0 aliphatic heterocycles. The fraction of sp³-hybridized carbons (Fsp3) is 0.548. The molecule has 0 bridgehead atoms. The lowest BCUT2D eigenvalue weighted by Crippen LogP contribution is -2.16. The lowest BCUT2D eigenvalue weighted by atomic mass is 10.1. The highest BCUT2D eigenvalue weighted by molar-refractivity contribution is 5.96. The number of para-hydroxylation sites is 1. The van der Waals surface area contributed by atoms with Crippen molar-refractivity contribution in [2.75, 3.05) is 112 Å². The van der Waals surface area contributed by atoms with E-state index in [2.05, 4.69) is 10.1 Å². The average molecular weight is 662 g/mol. The third-order valence-corrected chi connectivity index (χ3v) is 5.76. The maximum atomic E-state index is 13.0. The predicted octanol–water partition coefficient (Wildman–Crippen LogP) is 3.90. The molecule has 0 spiro atoms. The molecule has 258 valence electrons. The summed E-state index contributed by atoms with van der Waals surface area (Å²) in [5, 5.41) is 2.85. The van der Waals surface area contributed by atoms with Gasteiger partial charge >= 0.3 is 18.1 Å². The number of hydrogen-bond donors (Lipinski definition) is 1. The molecule has 2 aromatic carbocycles. The molecule has 0 atom stereocenters. The fourth-order valence-corrected chi connectivity index (χ4v) is 3.50. The van der Waals surface area contributed by atoms with Crippen LogP contribution >= 0.6 is 0 Å². The van der Waals surface area contributed by atoms with Gasteiger partial charge in [0.25, 0.3) is 0 Å². The zero-order valence-corrected chi connectivity index (χ0v) is 25.9.